The summed E-state index contributed by atoms with van der Waals surface area (Å²) in [6.45, 7) is 8.82. The topological polar surface area (TPSA) is 93.7 Å². The Labute approximate surface area is 160 Å². The molecule has 0 aliphatic carbocycles. The lowest BCUT2D eigenvalue weighted by Crippen LogP contribution is -2.54. The lowest BCUT2D eigenvalue weighted by atomic mass is 10.0. The number of nitrogens with one attached hydrogen (secondary N) is 2. The van der Waals surface area contributed by atoms with Gasteiger partial charge in [0.1, 0.15) is 17.7 Å². The zero-order chi connectivity index (χ0) is 20.6. The molecule has 7 heteroatoms. The van der Waals surface area contributed by atoms with Crippen molar-refractivity contribution in [1.82, 2.24) is 10.6 Å². The minimum atomic E-state index is -0.895. The van der Waals surface area contributed by atoms with Crippen molar-refractivity contribution in [3.05, 3.63) is 35.9 Å². The molecular formula is C20H30N2O5. The summed E-state index contributed by atoms with van der Waals surface area (Å²) in [5.74, 6) is -1.18. The van der Waals surface area contributed by atoms with Gasteiger partial charge in [0.05, 0.1) is 7.11 Å². The molecule has 0 bridgehead atoms. The zero-order valence-electron chi connectivity index (χ0n) is 16.9. The third-order valence-corrected chi connectivity index (χ3v) is 3.71. The van der Waals surface area contributed by atoms with Gasteiger partial charge in [-0.1, -0.05) is 44.2 Å². The van der Waals surface area contributed by atoms with Crippen LogP contribution in [0.5, 0.6) is 0 Å². The molecule has 2 N–H and O–H groups in total. The molecule has 2 atom stereocenters. The summed E-state index contributed by atoms with van der Waals surface area (Å²) in [5.41, 5.74) is 0.178. The number of carbonyl (C=O) groups excluding carboxylic acids is 3. The minimum absolute atomic E-state index is 0.166. The lowest BCUT2D eigenvalue weighted by molar-refractivity contribution is -0.146. The molecule has 0 saturated heterocycles. The van der Waals surface area contributed by atoms with Crippen molar-refractivity contribution in [2.45, 2.75) is 58.7 Å². The Hall–Kier alpha value is -2.57. The van der Waals surface area contributed by atoms with Crippen LogP contribution in [0.25, 0.3) is 0 Å². The van der Waals surface area contributed by atoms with E-state index in [2.05, 4.69) is 10.6 Å². The van der Waals surface area contributed by atoms with E-state index >= 15 is 0 Å². The molecule has 0 aliphatic heterocycles. The Balaban J connectivity index is 2.95. The van der Waals surface area contributed by atoms with E-state index in [-0.39, 0.29) is 12.3 Å². The number of hydrogen-bond acceptors (Lipinski definition) is 5. The molecule has 27 heavy (non-hydrogen) atoms. The van der Waals surface area contributed by atoms with E-state index in [1.807, 2.05) is 30.3 Å². The van der Waals surface area contributed by atoms with Gasteiger partial charge >= 0.3 is 12.1 Å². The molecule has 0 aromatic heterocycles. The molecule has 150 valence electrons. The van der Waals surface area contributed by atoms with Crippen molar-refractivity contribution in [2.75, 3.05) is 7.11 Å². The second kappa shape index (κ2) is 9.94. The van der Waals surface area contributed by atoms with Crippen LogP contribution in [0.15, 0.2) is 30.3 Å². The molecule has 0 radical (unpaired) electrons. The summed E-state index contributed by atoms with van der Waals surface area (Å²) in [5, 5.41) is 5.27. The third kappa shape index (κ3) is 8.11. The largest absolute Gasteiger partial charge is 0.467 e. The normalized spacial score (nSPS) is 13.4. The smallest absolute Gasteiger partial charge is 0.408 e. The van der Waals surface area contributed by atoms with Gasteiger partial charge in [-0.2, -0.15) is 0 Å². The van der Waals surface area contributed by atoms with Gasteiger partial charge in [-0.15, -0.1) is 0 Å². The van der Waals surface area contributed by atoms with Crippen molar-refractivity contribution in [3.8, 4) is 0 Å². The molecule has 0 unspecified atom stereocenters. The molecule has 0 aliphatic rings. The van der Waals surface area contributed by atoms with Crippen molar-refractivity contribution in [2.24, 2.45) is 5.92 Å². The molecular weight excluding hydrogens is 348 g/mol. The number of ether oxygens (including phenoxy) is 2. The van der Waals surface area contributed by atoms with Gasteiger partial charge in [-0.3, -0.25) is 4.79 Å². The summed E-state index contributed by atoms with van der Waals surface area (Å²) in [6, 6.07) is 7.58. The second-order valence-electron chi connectivity index (χ2n) is 7.64. The maximum absolute atomic E-state index is 12.8. The monoisotopic (exact) mass is 378 g/mol. The molecule has 1 aromatic rings. The van der Waals surface area contributed by atoms with E-state index in [1.165, 1.54) is 7.11 Å². The number of rotatable bonds is 7. The Bertz CT molecular complexity index is 638. The van der Waals surface area contributed by atoms with Crippen LogP contribution in [0.4, 0.5) is 4.79 Å². The summed E-state index contributed by atoms with van der Waals surface area (Å²) in [4.78, 5) is 36.9. The van der Waals surface area contributed by atoms with Crippen LogP contribution in [0, 0.1) is 5.92 Å². The van der Waals surface area contributed by atoms with Crippen LogP contribution in [-0.2, 0) is 25.5 Å². The molecule has 2 amide bonds. The van der Waals surface area contributed by atoms with Crippen LogP contribution >= 0.6 is 0 Å². The summed E-state index contributed by atoms with van der Waals surface area (Å²) < 4.78 is 10.0. The number of methoxy groups -OCH3 is 1. The maximum atomic E-state index is 12.8. The molecule has 1 aromatic carbocycles. The first kappa shape index (κ1) is 22.5. The predicted octanol–water partition coefficient (Wildman–Crippen LogP) is 2.44. The SMILES string of the molecule is COC(=O)[C@H](NC(=O)[C@H](Cc1ccccc1)NC(=O)OC(C)(C)C)C(C)C. The number of hydrogen-bond donors (Lipinski definition) is 2. The van der Waals surface area contributed by atoms with E-state index in [0.717, 1.165) is 5.56 Å². The van der Waals surface area contributed by atoms with Gasteiger partial charge in [0.25, 0.3) is 0 Å². The predicted molar refractivity (Wildman–Crippen MR) is 102 cm³/mol. The number of esters is 1. The summed E-state index contributed by atoms with van der Waals surface area (Å²) >= 11 is 0. The van der Waals surface area contributed by atoms with Crippen molar-refractivity contribution in [1.29, 1.82) is 0 Å². The fourth-order valence-electron chi connectivity index (χ4n) is 2.39. The van der Waals surface area contributed by atoms with E-state index in [1.54, 1.807) is 34.6 Å². The highest BCUT2D eigenvalue weighted by atomic mass is 16.6. The molecule has 0 heterocycles. The molecule has 0 spiro atoms. The van der Waals surface area contributed by atoms with Crippen molar-refractivity contribution in [3.63, 3.8) is 0 Å². The van der Waals surface area contributed by atoms with Crippen LogP contribution in [0.3, 0.4) is 0 Å². The summed E-state index contributed by atoms with van der Waals surface area (Å²) in [7, 11) is 1.27. The quantitative estimate of drug-likeness (QED) is 0.711. The van der Waals surface area contributed by atoms with E-state index < -0.39 is 35.7 Å². The standard InChI is InChI=1S/C20H30N2O5/c1-13(2)16(18(24)26-6)22-17(23)15(12-14-10-8-7-9-11-14)21-19(25)27-20(3,4)5/h7-11,13,15-16H,12H2,1-6H3,(H,21,25)(H,22,23)/t15-,16+/m0/s1. The number of amides is 2. The zero-order valence-corrected chi connectivity index (χ0v) is 16.9. The molecule has 0 saturated carbocycles. The first-order valence-electron chi connectivity index (χ1n) is 8.95. The average molecular weight is 378 g/mol. The Morgan fingerprint density at radius 2 is 1.63 bits per heavy atom. The Kier molecular flexibility index (Phi) is 8.28. The first-order valence-corrected chi connectivity index (χ1v) is 8.95. The minimum Gasteiger partial charge on any atom is -0.467 e. The van der Waals surface area contributed by atoms with Gasteiger partial charge in [0, 0.05) is 6.42 Å². The molecule has 7 nitrogen and oxygen atoms in total. The first-order chi connectivity index (χ1) is 12.5. The van der Waals surface area contributed by atoms with Gasteiger partial charge in [0.15, 0.2) is 0 Å². The van der Waals surface area contributed by atoms with Crippen LogP contribution < -0.4 is 10.6 Å². The van der Waals surface area contributed by atoms with Crippen molar-refractivity contribution < 1.29 is 23.9 Å². The van der Waals surface area contributed by atoms with Gasteiger partial charge in [-0.25, -0.2) is 9.59 Å². The summed E-state index contributed by atoms with van der Waals surface area (Å²) in [6.07, 6.45) is -0.435. The van der Waals surface area contributed by atoms with Gasteiger partial charge in [0.2, 0.25) is 5.91 Å². The van der Waals surface area contributed by atoms with Crippen LogP contribution in [0.2, 0.25) is 0 Å². The second-order valence-corrected chi connectivity index (χ2v) is 7.64. The van der Waals surface area contributed by atoms with Crippen molar-refractivity contribution >= 4 is 18.0 Å². The van der Waals surface area contributed by atoms with E-state index in [0.29, 0.717) is 0 Å². The maximum Gasteiger partial charge on any atom is 0.408 e. The fourth-order valence-corrected chi connectivity index (χ4v) is 2.39. The Morgan fingerprint density at radius 1 is 1.04 bits per heavy atom. The van der Waals surface area contributed by atoms with Crippen LogP contribution in [0.1, 0.15) is 40.2 Å². The highest BCUT2D eigenvalue weighted by Crippen LogP contribution is 2.10. The average Bonchev–Trinajstić information content (AvgIpc) is 2.57. The van der Waals surface area contributed by atoms with E-state index in [4.69, 9.17) is 9.47 Å². The van der Waals surface area contributed by atoms with Gasteiger partial charge in [-0.05, 0) is 32.3 Å². The highest BCUT2D eigenvalue weighted by Gasteiger charge is 2.30. The Morgan fingerprint density at radius 3 is 2.11 bits per heavy atom. The fraction of sp³-hybridized carbons (Fsp3) is 0.550. The highest BCUT2D eigenvalue weighted by molar-refractivity contribution is 5.90. The number of carbonyl (C=O) groups is 3. The molecule has 1 rings (SSSR count). The van der Waals surface area contributed by atoms with Crippen LogP contribution in [-0.4, -0.2) is 42.8 Å². The lowest BCUT2D eigenvalue weighted by Gasteiger charge is -2.26. The van der Waals surface area contributed by atoms with Gasteiger partial charge < -0.3 is 20.1 Å². The number of alkyl carbamates (subject to hydrolysis) is 1. The number of benzene rings is 1. The van der Waals surface area contributed by atoms with E-state index in [9.17, 15) is 14.4 Å². The third-order valence-electron chi connectivity index (χ3n) is 3.71. The molecule has 0 fully saturated rings.